The van der Waals surface area contributed by atoms with Crippen molar-refractivity contribution in [3.8, 4) is 0 Å². The van der Waals surface area contributed by atoms with Crippen LogP contribution < -0.4 is 5.32 Å². The van der Waals surface area contributed by atoms with Gasteiger partial charge in [0.05, 0.1) is 5.69 Å². The van der Waals surface area contributed by atoms with Crippen LogP contribution in [0.15, 0.2) is 5.38 Å². The number of nitrogens with zero attached hydrogens (tertiary/aromatic N) is 2. The van der Waals surface area contributed by atoms with Crippen molar-refractivity contribution in [2.45, 2.75) is 26.2 Å². The number of urea groups is 1. The minimum Gasteiger partial charge on any atom is -0.481 e. The Labute approximate surface area is 115 Å². The van der Waals surface area contributed by atoms with Crippen LogP contribution in [0.1, 0.15) is 25.0 Å². The number of carboxylic acids is 1. The van der Waals surface area contributed by atoms with E-state index in [1.807, 2.05) is 12.3 Å². The normalized spacial score (nSPS) is 16.4. The van der Waals surface area contributed by atoms with E-state index in [1.165, 1.54) is 11.3 Å². The molecule has 1 aliphatic rings. The number of anilines is 1. The van der Waals surface area contributed by atoms with Crippen molar-refractivity contribution in [3.63, 3.8) is 0 Å². The van der Waals surface area contributed by atoms with Crippen LogP contribution in [0.4, 0.5) is 9.93 Å². The predicted octanol–water partition coefficient (Wildman–Crippen LogP) is 2.17. The zero-order valence-electron chi connectivity index (χ0n) is 10.8. The summed E-state index contributed by atoms with van der Waals surface area (Å²) < 4.78 is 0. The van der Waals surface area contributed by atoms with E-state index >= 15 is 0 Å². The van der Waals surface area contributed by atoms with Crippen molar-refractivity contribution in [2.24, 2.45) is 5.92 Å². The van der Waals surface area contributed by atoms with E-state index < -0.39 is 5.97 Å². The maximum atomic E-state index is 12.0. The number of aryl methyl sites for hydroxylation is 1. The predicted molar refractivity (Wildman–Crippen MR) is 72.4 cm³/mol. The summed E-state index contributed by atoms with van der Waals surface area (Å²) in [5.41, 5.74) is 0.889. The molecular weight excluding hydrogens is 266 g/mol. The molecule has 0 radical (unpaired) electrons. The molecule has 0 atom stereocenters. The average Bonchev–Trinajstić information content (AvgIpc) is 2.75. The summed E-state index contributed by atoms with van der Waals surface area (Å²) in [5.74, 6) is -0.579. The number of hydrogen-bond donors (Lipinski definition) is 2. The quantitative estimate of drug-likeness (QED) is 0.890. The molecule has 1 aromatic heterocycles. The summed E-state index contributed by atoms with van der Waals surface area (Å²) in [6.45, 7) is 3.09. The SMILES string of the molecule is Cc1csc(NC(=O)N2CCC(CC(=O)O)CC2)n1. The molecule has 1 saturated heterocycles. The van der Waals surface area contributed by atoms with Crippen molar-refractivity contribution in [1.29, 1.82) is 0 Å². The molecule has 7 heteroatoms. The van der Waals surface area contributed by atoms with Crippen LogP contribution in [0, 0.1) is 12.8 Å². The number of nitrogens with one attached hydrogen (secondary N) is 1. The number of piperidine rings is 1. The van der Waals surface area contributed by atoms with E-state index in [4.69, 9.17) is 5.11 Å². The minimum absolute atomic E-state index is 0.150. The highest BCUT2D eigenvalue weighted by molar-refractivity contribution is 7.13. The van der Waals surface area contributed by atoms with Gasteiger partial charge >= 0.3 is 12.0 Å². The zero-order valence-corrected chi connectivity index (χ0v) is 11.6. The number of aromatic nitrogens is 1. The number of aliphatic carboxylic acids is 1. The Kier molecular flexibility index (Phi) is 4.36. The summed E-state index contributed by atoms with van der Waals surface area (Å²) in [4.78, 5) is 28.5. The number of carboxylic acid groups (broad SMARTS) is 1. The van der Waals surface area contributed by atoms with Gasteiger partial charge in [0.15, 0.2) is 5.13 Å². The molecule has 0 aromatic carbocycles. The maximum Gasteiger partial charge on any atom is 0.323 e. The van der Waals surface area contributed by atoms with Gasteiger partial charge in [0.1, 0.15) is 0 Å². The van der Waals surface area contributed by atoms with Crippen LogP contribution in [-0.2, 0) is 4.79 Å². The molecule has 0 unspecified atom stereocenters. The van der Waals surface area contributed by atoms with Gasteiger partial charge in [-0.15, -0.1) is 11.3 Å². The molecule has 2 amide bonds. The Hall–Kier alpha value is -1.63. The number of carbonyl (C=O) groups excluding carboxylic acids is 1. The zero-order chi connectivity index (χ0) is 13.8. The van der Waals surface area contributed by atoms with Crippen LogP contribution in [0.25, 0.3) is 0 Å². The van der Waals surface area contributed by atoms with Crippen molar-refractivity contribution >= 4 is 28.5 Å². The molecule has 0 aliphatic carbocycles. The number of thiazole rings is 1. The first-order valence-corrected chi connectivity index (χ1v) is 7.12. The van der Waals surface area contributed by atoms with Gasteiger partial charge in [0.2, 0.25) is 0 Å². The first-order valence-electron chi connectivity index (χ1n) is 6.24. The van der Waals surface area contributed by atoms with Crippen LogP contribution in [-0.4, -0.2) is 40.1 Å². The lowest BCUT2D eigenvalue weighted by atomic mass is 9.94. The first-order chi connectivity index (χ1) is 9.04. The molecule has 1 aliphatic heterocycles. The average molecular weight is 283 g/mol. The third-order valence-corrected chi connectivity index (χ3v) is 4.07. The van der Waals surface area contributed by atoms with Crippen molar-refractivity contribution in [1.82, 2.24) is 9.88 Å². The Balaban J connectivity index is 1.80. The van der Waals surface area contributed by atoms with Gasteiger partial charge in [-0.25, -0.2) is 9.78 Å². The van der Waals surface area contributed by atoms with Gasteiger partial charge in [-0.3, -0.25) is 10.1 Å². The standard InChI is InChI=1S/C12H17N3O3S/c1-8-7-19-11(13-8)14-12(18)15-4-2-9(3-5-15)6-10(16)17/h7,9H,2-6H2,1H3,(H,16,17)(H,13,14,18). The fourth-order valence-corrected chi connectivity index (χ4v) is 2.85. The topological polar surface area (TPSA) is 82.5 Å². The molecule has 0 saturated carbocycles. The molecule has 0 spiro atoms. The van der Waals surface area contributed by atoms with E-state index in [1.54, 1.807) is 4.90 Å². The van der Waals surface area contributed by atoms with Crippen LogP contribution >= 0.6 is 11.3 Å². The van der Waals surface area contributed by atoms with E-state index in [9.17, 15) is 9.59 Å². The molecule has 1 fully saturated rings. The largest absolute Gasteiger partial charge is 0.481 e. The van der Waals surface area contributed by atoms with Crippen molar-refractivity contribution in [2.75, 3.05) is 18.4 Å². The molecule has 2 rings (SSSR count). The second kappa shape index (κ2) is 6.01. The third-order valence-electron chi connectivity index (χ3n) is 3.20. The summed E-state index contributed by atoms with van der Waals surface area (Å²) in [7, 11) is 0. The Bertz CT molecular complexity index is 467. The minimum atomic E-state index is -0.763. The summed E-state index contributed by atoms with van der Waals surface area (Å²) in [6.07, 6.45) is 1.69. The number of carbonyl (C=O) groups is 2. The second-order valence-corrected chi connectivity index (χ2v) is 5.61. The van der Waals surface area contributed by atoms with E-state index in [0.717, 1.165) is 18.5 Å². The first kappa shape index (κ1) is 13.8. The second-order valence-electron chi connectivity index (χ2n) is 4.75. The van der Waals surface area contributed by atoms with E-state index in [0.29, 0.717) is 18.2 Å². The Morgan fingerprint density at radius 1 is 1.53 bits per heavy atom. The Morgan fingerprint density at radius 3 is 2.74 bits per heavy atom. The molecule has 104 valence electrons. The van der Waals surface area contributed by atoms with Gasteiger partial charge in [-0.2, -0.15) is 0 Å². The monoisotopic (exact) mass is 283 g/mol. The third kappa shape index (κ3) is 3.92. The summed E-state index contributed by atoms with van der Waals surface area (Å²) >= 11 is 1.40. The lowest BCUT2D eigenvalue weighted by Crippen LogP contribution is -2.41. The van der Waals surface area contributed by atoms with Crippen LogP contribution in [0.2, 0.25) is 0 Å². The Morgan fingerprint density at radius 2 is 2.21 bits per heavy atom. The van der Waals surface area contributed by atoms with Gasteiger partial charge in [-0.1, -0.05) is 0 Å². The van der Waals surface area contributed by atoms with Crippen LogP contribution in [0.5, 0.6) is 0 Å². The molecule has 1 aromatic rings. The molecule has 2 heterocycles. The van der Waals surface area contributed by atoms with Gasteiger partial charge in [0, 0.05) is 24.9 Å². The lowest BCUT2D eigenvalue weighted by molar-refractivity contribution is -0.138. The number of hydrogen-bond acceptors (Lipinski definition) is 4. The molecule has 6 nitrogen and oxygen atoms in total. The molecule has 19 heavy (non-hydrogen) atoms. The maximum absolute atomic E-state index is 12.0. The highest BCUT2D eigenvalue weighted by atomic mass is 32.1. The van der Waals surface area contributed by atoms with Gasteiger partial charge in [0.25, 0.3) is 0 Å². The molecule has 0 bridgehead atoms. The number of amides is 2. The molecule has 2 N–H and O–H groups in total. The lowest BCUT2D eigenvalue weighted by Gasteiger charge is -2.31. The smallest absolute Gasteiger partial charge is 0.323 e. The van der Waals surface area contributed by atoms with Crippen molar-refractivity contribution < 1.29 is 14.7 Å². The fraction of sp³-hybridized carbons (Fsp3) is 0.583. The summed E-state index contributed by atoms with van der Waals surface area (Å²) in [5, 5.41) is 14.0. The number of rotatable bonds is 3. The van der Waals surface area contributed by atoms with Crippen LogP contribution in [0.3, 0.4) is 0 Å². The van der Waals surface area contributed by atoms with E-state index in [-0.39, 0.29) is 18.4 Å². The van der Waals surface area contributed by atoms with Gasteiger partial charge < -0.3 is 10.0 Å². The highest BCUT2D eigenvalue weighted by Crippen LogP contribution is 2.21. The highest BCUT2D eigenvalue weighted by Gasteiger charge is 2.24. The van der Waals surface area contributed by atoms with Gasteiger partial charge in [-0.05, 0) is 25.7 Å². The van der Waals surface area contributed by atoms with E-state index in [2.05, 4.69) is 10.3 Å². The van der Waals surface area contributed by atoms with Crippen molar-refractivity contribution in [3.05, 3.63) is 11.1 Å². The number of likely N-dealkylation sites (tertiary alicyclic amines) is 1. The summed E-state index contributed by atoms with van der Waals surface area (Å²) in [6, 6.07) is -0.150. The molecular formula is C12H17N3O3S. The fourth-order valence-electron chi connectivity index (χ4n) is 2.17.